The largest absolute Gasteiger partial charge is 0.371 e. The van der Waals surface area contributed by atoms with Crippen molar-refractivity contribution in [1.82, 2.24) is 4.90 Å². The van der Waals surface area contributed by atoms with Crippen molar-refractivity contribution in [2.45, 2.75) is 0 Å². The monoisotopic (exact) mass is 248 g/mol. The number of nitriles is 1. The summed E-state index contributed by atoms with van der Waals surface area (Å²) in [6.45, 7) is -0.0667. The molecular weight excluding hydrogens is 236 g/mol. The topological polar surface area (TPSA) is 99.3 Å². The van der Waals surface area contributed by atoms with Crippen molar-refractivity contribution in [3.63, 3.8) is 0 Å². The van der Waals surface area contributed by atoms with E-state index in [1.165, 1.54) is 23.1 Å². The van der Waals surface area contributed by atoms with Gasteiger partial charge in [0.25, 0.3) is 0 Å². The molecule has 1 rings (SSSR count). The molecule has 0 saturated heterocycles. The number of benzene rings is 1. The van der Waals surface area contributed by atoms with Crippen LogP contribution in [0.25, 0.3) is 0 Å². The first kappa shape index (κ1) is 13.4. The van der Waals surface area contributed by atoms with E-state index in [0.717, 1.165) is 0 Å². The summed E-state index contributed by atoms with van der Waals surface area (Å²) in [6.07, 6.45) is 0. The van der Waals surface area contributed by atoms with Crippen molar-refractivity contribution >= 4 is 17.3 Å². The fraction of sp³-hybridized carbons (Fsp3) is 0.273. The molecule has 1 N–H and O–H groups in total. The minimum absolute atomic E-state index is 0.0395. The van der Waals surface area contributed by atoms with Crippen LogP contribution in [0.2, 0.25) is 0 Å². The van der Waals surface area contributed by atoms with E-state index in [9.17, 15) is 14.9 Å². The number of para-hydroxylation sites is 1. The average Bonchev–Trinajstić information content (AvgIpc) is 2.34. The van der Waals surface area contributed by atoms with Gasteiger partial charge in [-0.05, 0) is 12.1 Å². The molecule has 0 aromatic heterocycles. The van der Waals surface area contributed by atoms with Crippen LogP contribution in [0.15, 0.2) is 18.2 Å². The third kappa shape index (κ3) is 2.95. The van der Waals surface area contributed by atoms with Crippen LogP contribution in [0, 0.1) is 21.4 Å². The number of nitro groups is 1. The van der Waals surface area contributed by atoms with Gasteiger partial charge < -0.3 is 10.2 Å². The second-order valence-electron chi connectivity index (χ2n) is 3.71. The van der Waals surface area contributed by atoms with Gasteiger partial charge >= 0.3 is 5.69 Å². The molecule has 0 bridgehead atoms. The van der Waals surface area contributed by atoms with E-state index in [1.54, 1.807) is 20.2 Å². The number of carbonyl (C=O) groups excluding carboxylic acids is 1. The molecule has 7 heteroatoms. The highest BCUT2D eigenvalue weighted by Crippen LogP contribution is 2.27. The highest BCUT2D eigenvalue weighted by molar-refractivity contribution is 5.82. The Bertz CT molecular complexity index is 520. The molecule has 0 aliphatic carbocycles. The number of amides is 1. The molecule has 0 aliphatic heterocycles. The highest BCUT2D eigenvalue weighted by atomic mass is 16.6. The van der Waals surface area contributed by atoms with Crippen molar-refractivity contribution in [3.8, 4) is 6.07 Å². The first-order chi connectivity index (χ1) is 8.47. The van der Waals surface area contributed by atoms with E-state index in [0.29, 0.717) is 0 Å². The van der Waals surface area contributed by atoms with E-state index in [2.05, 4.69) is 5.32 Å². The van der Waals surface area contributed by atoms with Gasteiger partial charge in [-0.25, -0.2) is 0 Å². The molecular formula is C11H12N4O3. The number of nitrogens with zero attached hydrogens (tertiary/aromatic N) is 3. The van der Waals surface area contributed by atoms with Crippen LogP contribution in [0.5, 0.6) is 0 Å². The molecule has 7 nitrogen and oxygen atoms in total. The van der Waals surface area contributed by atoms with Crippen LogP contribution in [-0.2, 0) is 4.79 Å². The molecule has 0 atom stereocenters. The van der Waals surface area contributed by atoms with Gasteiger partial charge in [-0.1, -0.05) is 6.07 Å². The Hall–Kier alpha value is -2.62. The van der Waals surface area contributed by atoms with Gasteiger partial charge in [0.15, 0.2) is 0 Å². The average molecular weight is 248 g/mol. The number of likely N-dealkylation sites (N-methyl/N-ethyl adjacent to an activating group) is 1. The molecule has 1 amide bonds. The summed E-state index contributed by atoms with van der Waals surface area (Å²) in [5, 5.41) is 22.4. The Morgan fingerprint density at radius 2 is 2.22 bits per heavy atom. The first-order valence-corrected chi connectivity index (χ1v) is 5.09. The van der Waals surface area contributed by atoms with Crippen LogP contribution in [0.3, 0.4) is 0 Å². The summed E-state index contributed by atoms with van der Waals surface area (Å²) in [6, 6.07) is 6.09. The minimum atomic E-state index is -0.638. The maximum Gasteiger partial charge on any atom is 0.309 e. The molecule has 0 fully saturated rings. The van der Waals surface area contributed by atoms with E-state index in [1.807, 2.05) is 0 Å². The minimum Gasteiger partial charge on any atom is -0.371 e. The van der Waals surface area contributed by atoms with E-state index in [-0.39, 0.29) is 29.4 Å². The lowest BCUT2D eigenvalue weighted by molar-refractivity contribution is -0.384. The van der Waals surface area contributed by atoms with Gasteiger partial charge in [-0.3, -0.25) is 14.9 Å². The zero-order chi connectivity index (χ0) is 13.7. The van der Waals surface area contributed by atoms with Crippen LogP contribution in [0.1, 0.15) is 5.56 Å². The summed E-state index contributed by atoms with van der Waals surface area (Å²) < 4.78 is 0. The van der Waals surface area contributed by atoms with Gasteiger partial charge in [0, 0.05) is 14.1 Å². The second kappa shape index (κ2) is 5.63. The number of hydrogen-bond donors (Lipinski definition) is 1. The quantitative estimate of drug-likeness (QED) is 0.632. The number of nitro benzene ring substituents is 1. The van der Waals surface area contributed by atoms with Crippen molar-refractivity contribution in [3.05, 3.63) is 33.9 Å². The van der Waals surface area contributed by atoms with Crippen LogP contribution < -0.4 is 5.32 Å². The van der Waals surface area contributed by atoms with Gasteiger partial charge in [0.05, 0.1) is 11.5 Å². The standard InChI is InChI=1S/C11H12N4O3/c1-14(2)10(16)7-13-9-5-3-4-8(6-12)11(9)15(17)18/h3-5,13H,7H2,1-2H3. The molecule has 94 valence electrons. The Labute approximate surface area is 104 Å². The second-order valence-corrected chi connectivity index (χ2v) is 3.71. The van der Waals surface area contributed by atoms with Crippen molar-refractivity contribution in [2.75, 3.05) is 26.0 Å². The maximum absolute atomic E-state index is 11.4. The van der Waals surface area contributed by atoms with Gasteiger partial charge in [-0.2, -0.15) is 5.26 Å². The number of rotatable bonds is 4. The summed E-state index contributed by atoms with van der Waals surface area (Å²) in [4.78, 5) is 23.0. The molecule has 0 aliphatic rings. The molecule has 1 aromatic rings. The molecule has 18 heavy (non-hydrogen) atoms. The number of anilines is 1. The molecule has 1 aromatic carbocycles. The summed E-state index contributed by atoms with van der Waals surface area (Å²) in [5.41, 5.74) is -0.192. The van der Waals surface area contributed by atoms with Crippen molar-refractivity contribution in [2.24, 2.45) is 0 Å². The number of hydrogen-bond acceptors (Lipinski definition) is 5. The predicted octanol–water partition coefficient (Wildman–Crippen LogP) is 0.967. The predicted molar refractivity (Wildman–Crippen MR) is 65.0 cm³/mol. The Balaban J connectivity index is 3.00. The Kier molecular flexibility index (Phi) is 4.21. The molecule has 0 unspecified atom stereocenters. The molecule has 0 radical (unpaired) electrons. The van der Waals surface area contributed by atoms with Crippen LogP contribution in [-0.4, -0.2) is 36.4 Å². The van der Waals surface area contributed by atoms with Crippen LogP contribution in [0.4, 0.5) is 11.4 Å². The first-order valence-electron chi connectivity index (χ1n) is 5.09. The summed E-state index contributed by atoms with van der Waals surface area (Å²) in [5.74, 6) is -0.216. The lowest BCUT2D eigenvalue weighted by Crippen LogP contribution is -2.28. The fourth-order valence-electron chi connectivity index (χ4n) is 1.30. The lowest BCUT2D eigenvalue weighted by Gasteiger charge is -2.12. The van der Waals surface area contributed by atoms with E-state index >= 15 is 0 Å². The van der Waals surface area contributed by atoms with Gasteiger partial charge in [-0.15, -0.1) is 0 Å². The normalized spacial score (nSPS) is 9.39. The Morgan fingerprint density at radius 3 is 2.72 bits per heavy atom. The number of nitrogens with one attached hydrogen (secondary N) is 1. The highest BCUT2D eigenvalue weighted by Gasteiger charge is 2.19. The number of carbonyl (C=O) groups is 1. The van der Waals surface area contributed by atoms with E-state index < -0.39 is 4.92 Å². The van der Waals surface area contributed by atoms with Crippen molar-refractivity contribution < 1.29 is 9.72 Å². The third-order valence-electron chi connectivity index (χ3n) is 2.27. The lowest BCUT2D eigenvalue weighted by atomic mass is 10.1. The summed E-state index contributed by atoms with van der Waals surface area (Å²) >= 11 is 0. The zero-order valence-electron chi connectivity index (χ0n) is 10.0. The summed E-state index contributed by atoms with van der Waals surface area (Å²) in [7, 11) is 3.17. The van der Waals surface area contributed by atoms with Crippen molar-refractivity contribution in [1.29, 1.82) is 5.26 Å². The van der Waals surface area contributed by atoms with Gasteiger partial charge in [0.1, 0.15) is 17.3 Å². The maximum atomic E-state index is 11.4. The smallest absolute Gasteiger partial charge is 0.309 e. The molecule has 0 spiro atoms. The molecule has 0 heterocycles. The van der Waals surface area contributed by atoms with E-state index in [4.69, 9.17) is 5.26 Å². The van der Waals surface area contributed by atoms with Gasteiger partial charge in [0.2, 0.25) is 5.91 Å². The molecule has 0 saturated carbocycles. The fourth-order valence-corrected chi connectivity index (χ4v) is 1.30. The SMILES string of the molecule is CN(C)C(=O)CNc1cccc(C#N)c1[N+](=O)[O-]. The zero-order valence-corrected chi connectivity index (χ0v) is 10.0. The Morgan fingerprint density at radius 1 is 1.56 bits per heavy atom. The third-order valence-corrected chi connectivity index (χ3v) is 2.27. The van der Waals surface area contributed by atoms with Crippen LogP contribution >= 0.6 is 0 Å².